The first-order chi connectivity index (χ1) is 12.2. The summed E-state index contributed by atoms with van der Waals surface area (Å²) >= 11 is 0. The number of methoxy groups -OCH3 is 1. The van der Waals surface area contributed by atoms with E-state index in [1.54, 1.807) is 36.1 Å². The Balaban J connectivity index is 1.89. The zero-order chi connectivity index (χ0) is 17.6. The minimum Gasteiger partial charge on any atom is -0.496 e. The van der Waals surface area contributed by atoms with Gasteiger partial charge in [-0.3, -0.25) is 15.5 Å². The minimum absolute atomic E-state index is 0.00189. The average molecular weight is 336 g/mol. The Bertz CT molecular complexity index is 919. The van der Waals surface area contributed by atoms with Gasteiger partial charge in [-0.1, -0.05) is 24.3 Å². The first-order valence-electron chi connectivity index (χ1n) is 8.04. The molecule has 5 heteroatoms. The van der Waals surface area contributed by atoms with Crippen LogP contribution < -0.4 is 15.8 Å². The zero-order valence-corrected chi connectivity index (χ0v) is 14.0. The Morgan fingerprint density at radius 2 is 1.96 bits per heavy atom. The molecule has 128 valence electrons. The van der Waals surface area contributed by atoms with Crippen LogP contribution in [0.2, 0.25) is 0 Å². The number of benzene rings is 2. The van der Waals surface area contributed by atoms with Crippen LogP contribution in [0.4, 0.5) is 5.69 Å². The van der Waals surface area contributed by atoms with Gasteiger partial charge in [0.1, 0.15) is 5.75 Å². The summed E-state index contributed by atoms with van der Waals surface area (Å²) in [6, 6.07) is 18.6. The van der Waals surface area contributed by atoms with Crippen molar-refractivity contribution in [2.45, 2.75) is 13.0 Å². The van der Waals surface area contributed by atoms with E-state index in [9.17, 15) is 4.79 Å². The van der Waals surface area contributed by atoms with Gasteiger partial charge in [0.05, 0.1) is 12.8 Å². The molecule has 1 heterocycles. The molecule has 0 bridgehead atoms. The molecule has 0 saturated heterocycles. The summed E-state index contributed by atoms with van der Waals surface area (Å²) in [5.41, 5.74) is 5.76. The molecule has 0 aliphatic carbocycles. The van der Waals surface area contributed by atoms with Gasteiger partial charge in [-0.25, -0.2) is 0 Å². The third kappa shape index (κ3) is 3.89. The molecule has 1 aromatic heterocycles. The van der Waals surface area contributed by atoms with E-state index in [4.69, 9.17) is 9.94 Å². The summed E-state index contributed by atoms with van der Waals surface area (Å²) in [6.07, 6.45) is 2.53. The van der Waals surface area contributed by atoms with E-state index in [0.717, 1.165) is 28.9 Å². The lowest BCUT2D eigenvalue weighted by molar-refractivity contribution is 0.389. The van der Waals surface area contributed by atoms with Crippen molar-refractivity contribution >= 4 is 5.69 Å². The standard InChI is InChI=1S/C20H20N2O3/c1-25-19-9-8-15(10-12-22-11-3-2-7-20(22)23)13-18(19)16-5-4-6-17(14-16)21-24/h2-9,11,13-14,21,24H,10,12H2,1H3. The molecule has 0 atom stereocenters. The number of nitrogens with zero attached hydrogens (tertiary/aromatic N) is 1. The van der Waals surface area contributed by atoms with Crippen LogP contribution in [0.5, 0.6) is 5.75 Å². The molecule has 0 spiro atoms. The molecule has 2 N–H and O–H groups in total. The second kappa shape index (κ2) is 7.68. The number of rotatable bonds is 6. The fourth-order valence-electron chi connectivity index (χ4n) is 2.79. The highest BCUT2D eigenvalue weighted by atomic mass is 16.5. The lowest BCUT2D eigenvalue weighted by Crippen LogP contribution is -2.18. The molecule has 3 aromatic rings. The molecule has 0 aliphatic rings. The van der Waals surface area contributed by atoms with Crippen LogP contribution in [0, 0.1) is 0 Å². The second-order valence-electron chi connectivity index (χ2n) is 5.71. The van der Waals surface area contributed by atoms with Crippen LogP contribution in [-0.2, 0) is 13.0 Å². The van der Waals surface area contributed by atoms with Crippen molar-refractivity contribution in [3.63, 3.8) is 0 Å². The summed E-state index contributed by atoms with van der Waals surface area (Å²) < 4.78 is 7.17. The fourth-order valence-corrected chi connectivity index (χ4v) is 2.79. The maximum Gasteiger partial charge on any atom is 0.250 e. The molecular weight excluding hydrogens is 316 g/mol. The molecule has 3 rings (SSSR count). The van der Waals surface area contributed by atoms with Gasteiger partial charge in [-0.05, 0) is 47.9 Å². The highest BCUT2D eigenvalue weighted by molar-refractivity contribution is 5.74. The summed E-state index contributed by atoms with van der Waals surface area (Å²) in [4.78, 5) is 11.8. The molecule has 5 nitrogen and oxygen atoms in total. The van der Waals surface area contributed by atoms with Crippen molar-refractivity contribution in [3.8, 4) is 16.9 Å². The van der Waals surface area contributed by atoms with Crippen LogP contribution in [0.25, 0.3) is 11.1 Å². The average Bonchev–Trinajstić information content (AvgIpc) is 2.67. The van der Waals surface area contributed by atoms with Gasteiger partial charge >= 0.3 is 0 Å². The van der Waals surface area contributed by atoms with E-state index in [1.807, 2.05) is 36.4 Å². The maximum atomic E-state index is 11.8. The third-order valence-corrected chi connectivity index (χ3v) is 4.11. The Morgan fingerprint density at radius 1 is 1.08 bits per heavy atom. The van der Waals surface area contributed by atoms with E-state index in [2.05, 4.69) is 11.5 Å². The predicted molar refractivity (Wildman–Crippen MR) is 98.2 cm³/mol. The molecule has 0 saturated carbocycles. The number of ether oxygens (including phenoxy) is 1. The topological polar surface area (TPSA) is 63.5 Å². The van der Waals surface area contributed by atoms with E-state index in [1.165, 1.54) is 0 Å². The summed E-state index contributed by atoms with van der Waals surface area (Å²) in [7, 11) is 1.64. The van der Waals surface area contributed by atoms with Crippen molar-refractivity contribution in [1.29, 1.82) is 0 Å². The predicted octanol–water partition coefficient (Wildman–Crippen LogP) is 3.57. The number of hydrogen-bond acceptors (Lipinski definition) is 4. The largest absolute Gasteiger partial charge is 0.496 e. The minimum atomic E-state index is -0.00189. The van der Waals surface area contributed by atoms with Gasteiger partial charge < -0.3 is 9.30 Å². The van der Waals surface area contributed by atoms with E-state index >= 15 is 0 Å². The van der Waals surface area contributed by atoms with Gasteiger partial charge in [-0.15, -0.1) is 0 Å². The Kier molecular flexibility index (Phi) is 5.16. The van der Waals surface area contributed by atoms with Gasteiger partial charge in [0.15, 0.2) is 0 Å². The molecule has 2 aromatic carbocycles. The van der Waals surface area contributed by atoms with Crippen LogP contribution in [0.1, 0.15) is 5.56 Å². The molecule has 0 fully saturated rings. The van der Waals surface area contributed by atoms with Crippen LogP contribution >= 0.6 is 0 Å². The second-order valence-corrected chi connectivity index (χ2v) is 5.71. The highest BCUT2D eigenvalue weighted by Gasteiger charge is 2.08. The highest BCUT2D eigenvalue weighted by Crippen LogP contribution is 2.32. The Hall–Kier alpha value is -3.05. The normalized spacial score (nSPS) is 10.5. The number of anilines is 1. The number of aryl methyl sites for hydroxylation is 2. The number of hydrogen-bond donors (Lipinski definition) is 2. The maximum absolute atomic E-state index is 11.8. The zero-order valence-electron chi connectivity index (χ0n) is 14.0. The van der Waals surface area contributed by atoms with Crippen LogP contribution in [0.15, 0.2) is 71.7 Å². The van der Waals surface area contributed by atoms with Gasteiger partial charge in [-0.2, -0.15) is 0 Å². The number of pyridine rings is 1. The molecular formula is C20H20N2O3. The lowest BCUT2D eigenvalue weighted by atomic mass is 10.00. The first-order valence-corrected chi connectivity index (χ1v) is 8.04. The van der Waals surface area contributed by atoms with Crippen molar-refractivity contribution in [3.05, 3.63) is 82.8 Å². The molecule has 0 amide bonds. The lowest BCUT2D eigenvalue weighted by Gasteiger charge is -2.12. The molecule has 0 aliphatic heterocycles. The molecule has 25 heavy (non-hydrogen) atoms. The summed E-state index contributed by atoms with van der Waals surface area (Å²) in [5, 5.41) is 9.11. The third-order valence-electron chi connectivity index (χ3n) is 4.11. The SMILES string of the molecule is COc1ccc(CCn2ccccc2=O)cc1-c1cccc(NO)c1. The first kappa shape index (κ1) is 16.8. The van der Waals surface area contributed by atoms with Crippen molar-refractivity contribution < 1.29 is 9.94 Å². The Labute approximate surface area is 146 Å². The van der Waals surface area contributed by atoms with E-state index in [-0.39, 0.29) is 5.56 Å². The number of aromatic nitrogens is 1. The quantitative estimate of drug-likeness (QED) is 0.676. The fraction of sp³-hybridized carbons (Fsp3) is 0.150. The molecule has 0 radical (unpaired) electrons. The smallest absolute Gasteiger partial charge is 0.250 e. The summed E-state index contributed by atoms with van der Waals surface area (Å²) in [6.45, 7) is 0.615. The Morgan fingerprint density at radius 3 is 2.72 bits per heavy atom. The van der Waals surface area contributed by atoms with Crippen LogP contribution in [-0.4, -0.2) is 16.9 Å². The van der Waals surface area contributed by atoms with Crippen LogP contribution in [0.3, 0.4) is 0 Å². The van der Waals surface area contributed by atoms with Gasteiger partial charge in [0.2, 0.25) is 0 Å². The molecule has 0 unspecified atom stereocenters. The van der Waals surface area contributed by atoms with Crippen molar-refractivity contribution in [1.82, 2.24) is 4.57 Å². The van der Waals surface area contributed by atoms with Crippen molar-refractivity contribution in [2.75, 3.05) is 12.6 Å². The van der Waals surface area contributed by atoms with E-state index in [0.29, 0.717) is 12.2 Å². The van der Waals surface area contributed by atoms with Gasteiger partial charge in [0.25, 0.3) is 5.56 Å². The summed E-state index contributed by atoms with van der Waals surface area (Å²) in [5.74, 6) is 0.760. The van der Waals surface area contributed by atoms with Crippen molar-refractivity contribution in [2.24, 2.45) is 0 Å². The van der Waals surface area contributed by atoms with Gasteiger partial charge in [0, 0.05) is 24.4 Å². The monoisotopic (exact) mass is 336 g/mol. The van der Waals surface area contributed by atoms with E-state index < -0.39 is 0 Å². The number of nitrogens with one attached hydrogen (secondary N) is 1.